The van der Waals surface area contributed by atoms with Gasteiger partial charge in [0.15, 0.2) is 5.78 Å². The number of H-pyrrole nitrogens is 1. The molecule has 1 N–H and O–H groups in total. The van der Waals surface area contributed by atoms with E-state index in [4.69, 9.17) is 28.0 Å². The number of oxime groups is 1. The highest BCUT2D eigenvalue weighted by Gasteiger charge is 2.32. The first kappa shape index (κ1) is 17.6. The standard InChI is InChI=1S/C15H17Cl2N3O3/c1-4-20-15(22)10(7-18-20)14(21)9-6-8(3)11(16)13(12(9)17)19-23-5-2/h6-7,12,18H,4-5H2,1-3H3. The van der Waals surface area contributed by atoms with E-state index in [2.05, 4.69) is 10.3 Å². The number of alkyl halides is 1. The Hall–Kier alpha value is -1.79. The van der Waals surface area contributed by atoms with Gasteiger partial charge in [-0.3, -0.25) is 14.3 Å². The van der Waals surface area contributed by atoms with E-state index in [-0.39, 0.29) is 22.4 Å². The summed E-state index contributed by atoms with van der Waals surface area (Å²) in [6.45, 7) is 6.10. The summed E-state index contributed by atoms with van der Waals surface area (Å²) in [5, 5.41) is 6.10. The van der Waals surface area contributed by atoms with E-state index < -0.39 is 11.2 Å². The normalized spacial score (nSPS) is 20.0. The highest BCUT2D eigenvalue weighted by Crippen LogP contribution is 2.30. The molecule has 23 heavy (non-hydrogen) atoms. The molecule has 0 amide bonds. The van der Waals surface area contributed by atoms with Crippen LogP contribution in [0.3, 0.4) is 0 Å². The number of hydrogen-bond donors (Lipinski definition) is 1. The minimum absolute atomic E-state index is 0.0327. The van der Waals surface area contributed by atoms with Crippen molar-refractivity contribution in [2.75, 3.05) is 6.61 Å². The molecule has 0 saturated carbocycles. The van der Waals surface area contributed by atoms with Gasteiger partial charge < -0.3 is 9.94 Å². The zero-order valence-corrected chi connectivity index (χ0v) is 14.5. The van der Waals surface area contributed by atoms with Crippen LogP contribution in [0.25, 0.3) is 0 Å². The number of rotatable bonds is 5. The van der Waals surface area contributed by atoms with Crippen molar-refractivity contribution in [3.05, 3.63) is 44.4 Å². The maximum absolute atomic E-state index is 12.7. The lowest BCUT2D eigenvalue weighted by atomic mass is 9.92. The van der Waals surface area contributed by atoms with Crippen molar-refractivity contribution in [3.8, 4) is 0 Å². The van der Waals surface area contributed by atoms with Gasteiger partial charge in [-0.05, 0) is 32.4 Å². The van der Waals surface area contributed by atoms with Crippen LogP contribution >= 0.6 is 23.2 Å². The summed E-state index contributed by atoms with van der Waals surface area (Å²) in [7, 11) is 0. The molecule has 0 aliphatic heterocycles. The quantitative estimate of drug-likeness (QED) is 0.500. The van der Waals surface area contributed by atoms with Gasteiger partial charge in [0.1, 0.15) is 23.3 Å². The Morgan fingerprint density at radius 1 is 1.48 bits per heavy atom. The first-order chi connectivity index (χ1) is 10.9. The number of aromatic amines is 1. The number of aryl methyl sites for hydroxylation is 1. The van der Waals surface area contributed by atoms with Gasteiger partial charge in [0, 0.05) is 18.3 Å². The maximum atomic E-state index is 12.7. The molecule has 6 nitrogen and oxygen atoms in total. The van der Waals surface area contributed by atoms with Crippen molar-refractivity contribution < 1.29 is 9.63 Å². The Balaban J connectivity index is 2.46. The highest BCUT2D eigenvalue weighted by atomic mass is 35.5. The fraction of sp³-hybridized carbons (Fsp3) is 0.400. The molecule has 1 aromatic rings. The van der Waals surface area contributed by atoms with Crippen LogP contribution in [0.15, 0.2) is 38.4 Å². The molecule has 1 atom stereocenters. The average molecular weight is 358 g/mol. The number of halogens is 2. The lowest BCUT2D eigenvalue weighted by molar-refractivity contribution is 0.103. The van der Waals surface area contributed by atoms with Crippen LogP contribution in [-0.4, -0.2) is 33.3 Å². The van der Waals surface area contributed by atoms with E-state index in [9.17, 15) is 9.59 Å². The Labute approximate surface area is 143 Å². The van der Waals surface area contributed by atoms with Gasteiger partial charge in [-0.1, -0.05) is 16.8 Å². The molecular weight excluding hydrogens is 341 g/mol. The Bertz CT molecular complexity index is 771. The maximum Gasteiger partial charge on any atom is 0.277 e. The molecule has 0 spiro atoms. The molecule has 0 radical (unpaired) electrons. The molecule has 1 aliphatic rings. The third-order valence-electron chi connectivity index (χ3n) is 3.41. The molecule has 0 saturated heterocycles. The van der Waals surface area contributed by atoms with Crippen molar-refractivity contribution in [2.45, 2.75) is 32.7 Å². The number of carbonyl (C=O) groups is 1. The summed E-state index contributed by atoms with van der Waals surface area (Å²) >= 11 is 12.5. The van der Waals surface area contributed by atoms with E-state index in [0.717, 1.165) is 0 Å². The second-order valence-electron chi connectivity index (χ2n) is 4.92. The van der Waals surface area contributed by atoms with Crippen LogP contribution in [0.1, 0.15) is 31.1 Å². The van der Waals surface area contributed by atoms with Gasteiger partial charge in [0.25, 0.3) is 5.56 Å². The zero-order valence-electron chi connectivity index (χ0n) is 13.0. The summed E-state index contributed by atoms with van der Waals surface area (Å²) in [5.74, 6) is -0.453. The van der Waals surface area contributed by atoms with Crippen LogP contribution in [0.2, 0.25) is 0 Å². The number of ketones is 1. The number of allylic oxidation sites excluding steroid dienone is 4. The first-order valence-corrected chi connectivity index (χ1v) is 7.98. The minimum atomic E-state index is -0.880. The smallest absolute Gasteiger partial charge is 0.277 e. The fourth-order valence-corrected chi connectivity index (χ4v) is 2.76. The van der Waals surface area contributed by atoms with Crippen LogP contribution in [0, 0.1) is 0 Å². The molecule has 2 rings (SSSR count). The van der Waals surface area contributed by atoms with Crippen molar-refractivity contribution in [1.29, 1.82) is 0 Å². The lowest BCUT2D eigenvalue weighted by Gasteiger charge is -2.20. The molecule has 1 unspecified atom stereocenters. The number of carbonyl (C=O) groups excluding carboxylic acids is 1. The molecule has 1 aromatic heterocycles. The topological polar surface area (TPSA) is 76.4 Å². The second-order valence-corrected chi connectivity index (χ2v) is 5.73. The molecule has 0 fully saturated rings. The van der Waals surface area contributed by atoms with Crippen molar-refractivity contribution >= 4 is 34.7 Å². The second kappa shape index (κ2) is 7.19. The summed E-state index contributed by atoms with van der Waals surface area (Å²) in [5.41, 5.74) is 0.794. The van der Waals surface area contributed by atoms with Gasteiger partial charge in [-0.2, -0.15) is 0 Å². The van der Waals surface area contributed by atoms with E-state index in [1.54, 1.807) is 26.8 Å². The summed E-state index contributed by atoms with van der Waals surface area (Å²) in [6, 6.07) is 0. The molecule has 8 heteroatoms. The number of aromatic nitrogens is 2. The van der Waals surface area contributed by atoms with Crippen molar-refractivity contribution in [1.82, 2.24) is 9.78 Å². The number of Topliss-reactive ketones (excluding diaryl/α,β-unsaturated/α-hetero) is 1. The molecule has 124 valence electrons. The lowest BCUT2D eigenvalue weighted by Crippen LogP contribution is -2.29. The van der Waals surface area contributed by atoms with Crippen molar-refractivity contribution in [2.24, 2.45) is 5.16 Å². The van der Waals surface area contributed by atoms with Gasteiger partial charge in [0.2, 0.25) is 0 Å². The molecule has 1 aliphatic carbocycles. The van der Waals surface area contributed by atoms with Gasteiger partial charge in [-0.25, -0.2) is 0 Å². The van der Waals surface area contributed by atoms with E-state index in [0.29, 0.717) is 23.8 Å². The van der Waals surface area contributed by atoms with E-state index >= 15 is 0 Å². The number of nitrogens with one attached hydrogen (secondary N) is 1. The third kappa shape index (κ3) is 3.28. The van der Waals surface area contributed by atoms with Gasteiger partial charge >= 0.3 is 0 Å². The predicted octanol–water partition coefficient (Wildman–Crippen LogP) is 2.83. The van der Waals surface area contributed by atoms with E-state index in [1.165, 1.54) is 10.9 Å². The van der Waals surface area contributed by atoms with Gasteiger partial charge in [-0.15, -0.1) is 11.6 Å². The zero-order chi connectivity index (χ0) is 17.1. The summed E-state index contributed by atoms with van der Waals surface area (Å²) < 4.78 is 1.34. The molecule has 0 aromatic carbocycles. The predicted molar refractivity (Wildman–Crippen MR) is 90.4 cm³/mol. The summed E-state index contributed by atoms with van der Waals surface area (Å²) in [4.78, 5) is 29.8. The number of hydrogen-bond acceptors (Lipinski definition) is 4. The SMILES string of the molecule is CCON=C1C(Cl)=C(C)C=C(C(=O)c2c[nH]n(CC)c2=O)C1Cl. The van der Waals surface area contributed by atoms with Crippen LogP contribution in [0.4, 0.5) is 0 Å². The van der Waals surface area contributed by atoms with Gasteiger partial charge in [0.05, 0.1) is 5.03 Å². The molecule has 1 heterocycles. The summed E-state index contributed by atoms with van der Waals surface area (Å²) in [6.07, 6.45) is 2.96. The van der Waals surface area contributed by atoms with Crippen LogP contribution in [0.5, 0.6) is 0 Å². The van der Waals surface area contributed by atoms with Crippen LogP contribution in [-0.2, 0) is 11.4 Å². The van der Waals surface area contributed by atoms with E-state index in [1.807, 2.05) is 0 Å². The Kier molecular flexibility index (Phi) is 5.49. The molecular formula is C15H17Cl2N3O3. The Morgan fingerprint density at radius 3 is 2.74 bits per heavy atom. The Morgan fingerprint density at radius 2 is 2.17 bits per heavy atom. The number of nitrogens with zero attached hydrogens (tertiary/aromatic N) is 2. The average Bonchev–Trinajstić information content (AvgIpc) is 2.91. The van der Waals surface area contributed by atoms with Crippen LogP contribution < -0.4 is 5.56 Å². The molecule has 0 bridgehead atoms. The third-order valence-corrected chi connectivity index (χ3v) is 4.35. The minimum Gasteiger partial charge on any atom is -0.396 e. The fourth-order valence-electron chi connectivity index (χ4n) is 2.19. The first-order valence-electron chi connectivity index (χ1n) is 7.17. The monoisotopic (exact) mass is 357 g/mol. The van der Waals surface area contributed by atoms with Crippen molar-refractivity contribution in [3.63, 3.8) is 0 Å². The highest BCUT2D eigenvalue weighted by molar-refractivity contribution is 6.52. The largest absolute Gasteiger partial charge is 0.396 e.